The van der Waals surface area contributed by atoms with E-state index in [1.807, 2.05) is 19.1 Å². The second-order valence-corrected chi connectivity index (χ2v) is 7.32. The molecule has 0 aliphatic carbocycles. The third-order valence-corrected chi connectivity index (χ3v) is 5.40. The molecule has 0 atom stereocenters. The average Bonchev–Trinajstić information content (AvgIpc) is 3.09. The van der Waals surface area contributed by atoms with Crippen molar-refractivity contribution in [2.45, 2.75) is 46.8 Å². The van der Waals surface area contributed by atoms with Gasteiger partial charge in [-0.2, -0.15) is 0 Å². The maximum atomic E-state index is 12.5. The number of fused-ring (bicyclic) bond motifs is 1. The third-order valence-electron chi connectivity index (χ3n) is 5.40. The molecule has 1 N–H and O–H groups in total. The molecule has 166 valence electrons. The van der Waals surface area contributed by atoms with Crippen LogP contribution in [0.2, 0.25) is 0 Å². The summed E-state index contributed by atoms with van der Waals surface area (Å²) in [5, 5.41) is 0. The molecule has 0 amide bonds. The van der Waals surface area contributed by atoms with Gasteiger partial charge in [0.2, 0.25) is 0 Å². The number of aryl methyl sites for hydroxylation is 2. The number of ether oxygens (including phenoxy) is 1. The van der Waals surface area contributed by atoms with Crippen molar-refractivity contribution in [3.8, 4) is 0 Å². The molecule has 0 aliphatic heterocycles. The number of nitrogens with zero attached hydrogens (tertiary/aromatic N) is 4. The fourth-order valence-corrected chi connectivity index (χ4v) is 3.55. The first-order chi connectivity index (χ1) is 14.9. The SMILES string of the molecule is CCCCn1c(=O)[nH]c(=O)c2c1nc(COC(=O)c1ccc(N(CC)CC)cc1)n2C. The molecule has 2 heterocycles. The van der Waals surface area contributed by atoms with Gasteiger partial charge >= 0.3 is 11.7 Å². The van der Waals surface area contributed by atoms with Gasteiger partial charge in [-0.3, -0.25) is 14.3 Å². The van der Waals surface area contributed by atoms with E-state index in [0.717, 1.165) is 31.6 Å². The molecule has 0 aliphatic rings. The van der Waals surface area contributed by atoms with Gasteiger partial charge in [0, 0.05) is 32.4 Å². The van der Waals surface area contributed by atoms with E-state index in [0.29, 0.717) is 23.6 Å². The Kier molecular flexibility index (Phi) is 6.94. The first-order valence-corrected chi connectivity index (χ1v) is 10.6. The van der Waals surface area contributed by atoms with Crippen LogP contribution < -0.4 is 16.1 Å². The minimum Gasteiger partial charge on any atom is -0.454 e. The number of H-pyrrole nitrogens is 1. The van der Waals surface area contributed by atoms with Crippen LogP contribution in [-0.2, 0) is 24.9 Å². The van der Waals surface area contributed by atoms with Crippen LogP contribution in [0, 0.1) is 0 Å². The van der Waals surface area contributed by atoms with Crippen molar-refractivity contribution in [3.63, 3.8) is 0 Å². The van der Waals surface area contributed by atoms with Gasteiger partial charge in [0.15, 0.2) is 11.2 Å². The number of rotatable bonds is 9. The molecule has 3 rings (SSSR count). The zero-order valence-corrected chi connectivity index (χ0v) is 18.5. The Bertz CT molecular complexity index is 1170. The van der Waals surface area contributed by atoms with Gasteiger partial charge in [0.05, 0.1) is 5.56 Å². The molecule has 0 unspecified atom stereocenters. The summed E-state index contributed by atoms with van der Waals surface area (Å²) in [5.74, 6) is -0.0834. The van der Waals surface area contributed by atoms with Gasteiger partial charge in [-0.15, -0.1) is 0 Å². The fourth-order valence-electron chi connectivity index (χ4n) is 3.55. The highest BCUT2D eigenvalue weighted by Crippen LogP contribution is 2.16. The smallest absolute Gasteiger partial charge is 0.338 e. The topological polar surface area (TPSA) is 102 Å². The number of unbranched alkanes of at least 4 members (excludes halogenated alkanes) is 1. The number of hydrogen-bond acceptors (Lipinski definition) is 6. The lowest BCUT2D eigenvalue weighted by molar-refractivity contribution is 0.0459. The highest BCUT2D eigenvalue weighted by Gasteiger charge is 2.18. The Morgan fingerprint density at radius 2 is 1.81 bits per heavy atom. The second kappa shape index (κ2) is 9.63. The van der Waals surface area contributed by atoms with Gasteiger partial charge in [-0.05, 0) is 44.5 Å². The van der Waals surface area contributed by atoms with E-state index >= 15 is 0 Å². The van der Waals surface area contributed by atoms with Crippen LogP contribution in [0.15, 0.2) is 33.9 Å². The third kappa shape index (κ3) is 4.55. The quantitative estimate of drug-likeness (QED) is 0.526. The summed E-state index contributed by atoms with van der Waals surface area (Å²) in [6, 6.07) is 7.26. The highest BCUT2D eigenvalue weighted by atomic mass is 16.5. The first-order valence-electron chi connectivity index (χ1n) is 10.6. The van der Waals surface area contributed by atoms with Crippen molar-refractivity contribution in [1.29, 1.82) is 0 Å². The molecule has 0 bridgehead atoms. The zero-order chi connectivity index (χ0) is 22.5. The van der Waals surface area contributed by atoms with E-state index in [1.54, 1.807) is 23.7 Å². The van der Waals surface area contributed by atoms with Crippen molar-refractivity contribution in [3.05, 3.63) is 56.5 Å². The number of esters is 1. The number of carbonyl (C=O) groups excluding carboxylic acids is 1. The van der Waals surface area contributed by atoms with Gasteiger partial charge < -0.3 is 14.2 Å². The summed E-state index contributed by atoms with van der Waals surface area (Å²) in [5.41, 5.74) is 1.08. The summed E-state index contributed by atoms with van der Waals surface area (Å²) in [7, 11) is 1.67. The van der Waals surface area contributed by atoms with Crippen molar-refractivity contribution >= 4 is 22.8 Å². The summed E-state index contributed by atoms with van der Waals surface area (Å²) < 4.78 is 8.45. The number of hydrogen-bond donors (Lipinski definition) is 1. The molecule has 2 aromatic heterocycles. The minimum atomic E-state index is -0.507. The monoisotopic (exact) mass is 427 g/mol. The number of nitrogens with one attached hydrogen (secondary N) is 1. The average molecular weight is 428 g/mol. The van der Waals surface area contributed by atoms with Crippen LogP contribution >= 0.6 is 0 Å². The van der Waals surface area contributed by atoms with Crippen molar-refractivity contribution in [2.24, 2.45) is 7.05 Å². The van der Waals surface area contributed by atoms with Gasteiger partial charge in [-0.25, -0.2) is 14.6 Å². The molecule has 0 radical (unpaired) electrons. The summed E-state index contributed by atoms with van der Waals surface area (Å²) >= 11 is 0. The predicted octanol–water partition coefficient (Wildman–Crippen LogP) is 2.43. The Labute approximate surface area is 180 Å². The Morgan fingerprint density at radius 1 is 1.13 bits per heavy atom. The van der Waals surface area contributed by atoms with Crippen LogP contribution in [0.3, 0.4) is 0 Å². The van der Waals surface area contributed by atoms with Crippen molar-refractivity contribution in [1.82, 2.24) is 19.1 Å². The molecule has 9 heteroatoms. The Morgan fingerprint density at radius 3 is 2.42 bits per heavy atom. The number of aromatic amines is 1. The normalized spacial score (nSPS) is 11.1. The summed E-state index contributed by atoms with van der Waals surface area (Å²) in [6.45, 7) is 8.29. The van der Waals surface area contributed by atoms with E-state index in [9.17, 15) is 14.4 Å². The molecule has 1 aromatic carbocycles. The Hall–Kier alpha value is -3.36. The van der Waals surface area contributed by atoms with E-state index < -0.39 is 17.2 Å². The van der Waals surface area contributed by atoms with E-state index in [2.05, 4.69) is 28.7 Å². The maximum absolute atomic E-state index is 12.5. The first kappa shape index (κ1) is 22.3. The minimum absolute atomic E-state index is 0.108. The standard InChI is InChI=1S/C22H29N5O4/c1-5-8-13-27-19-18(20(28)24-22(27)30)25(4)17(23-19)14-31-21(29)15-9-11-16(12-10-15)26(6-2)7-3/h9-12H,5-8,13-14H2,1-4H3,(H,24,28,30). The molecule has 31 heavy (non-hydrogen) atoms. The molecule has 0 fully saturated rings. The predicted molar refractivity (Wildman–Crippen MR) is 120 cm³/mol. The molecule has 0 spiro atoms. The summed E-state index contributed by atoms with van der Waals surface area (Å²) in [6.07, 6.45) is 1.68. The van der Waals surface area contributed by atoms with Crippen LogP contribution in [0.5, 0.6) is 0 Å². The van der Waals surface area contributed by atoms with E-state index in [1.165, 1.54) is 4.57 Å². The fraction of sp³-hybridized carbons (Fsp3) is 0.455. The van der Waals surface area contributed by atoms with Gasteiger partial charge in [-0.1, -0.05) is 13.3 Å². The number of imidazole rings is 1. The van der Waals surface area contributed by atoms with Crippen molar-refractivity contribution in [2.75, 3.05) is 18.0 Å². The molecule has 0 saturated heterocycles. The lowest BCUT2D eigenvalue weighted by Gasteiger charge is -2.20. The van der Waals surface area contributed by atoms with Gasteiger partial charge in [0.1, 0.15) is 12.4 Å². The number of carbonyl (C=O) groups is 1. The Balaban J connectivity index is 1.81. The highest BCUT2D eigenvalue weighted by molar-refractivity contribution is 5.89. The van der Waals surface area contributed by atoms with E-state index in [4.69, 9.17) is 4.74 Å². The van der Waals surface area contributed by atoms with Gasteiger partial charge in [0.25, 0.3) is 5.56 Å². The van der Waals surface area contributed by atoms with Crippen molar-refractivity contribution < 1.29 is 9.53 Å². The molecule has 0 saturated carbocycles. The number of benzene rings is 1. The number of aromatic nitrogens is 4. The number of anilines is 1. The second-order valence-electron chi connectivity index (χ2n) is 7.32. The van der Waals surface area contributed by atoms with Crippen LogP contribution in [0.25, 0.3) is 11.2 Å². The van der Waals surface area contributed by atoms with Crippen LogP contribution in [-0.4, -0.2) is 38.2 Å². The lowest BCUT2D eigenvalue weighted by atomic mass is 10.2. The van der Waals surface area contributed by atoms with Crippen LogP contribution in [0.4, 0.5) is 5.69 Å². The summed E-state index contributed by atoms with van der Waals surface area (Å²) in [4.78, 5) is 46.0. The zero-order valence-electron chi connectivity index (χ0n) is 18.5. The van der Waals surface area contributed by atoms with E-state index in [-0.39, 0.29) is 12.1 Å². The molecular weight excluding hydrogens is 398 g/mol. The maximum Gasteiger partial charge on any atom is 0.338 e. The van der Waals surface area contributed by atoms with Crippen LogP contribution in [0.1, 0.15) is 49.8 Å². The molecular formula is C22H29N5O4. The molecule has 3 aromatic rings. The molecule has 9 nitrogen and oxygen atoms in total. The lowest BCUT2D eigenvalue weighted by Crippen LogP contribution is -2.31. The largest absolute Gasteiger partial charge is 0.454 e.